The molecule has 0 aromatic heterocycles. The molecular formula is C34H26N2. The number of rotatable bonds is 6. The maximum Gasteiger partial charge on any atom is 0.101 e. The molecule has 0 saturated carbocycles. The summed E-state index contributed by atoms with van der Waals surface area (Å²) in [5, 5.41) is 19.8. The molecule has 0 heterocycles. The van der Waals surface area contributed by atoms with Crippen LogP contribution >= 0.6 is 0 Å². The Labute approximate surface area is 213 Å². The topological polar surface area (TPSA) is 47.6 Å². The normalized spacial score (nSPS) is 11.8. The third-order valence-corrected chi connectivity index (χ3v) is 5.96. The van der Waals surface area contributed by atoms with E-state index in [1.54, 1.807) is 0 Å². The molecule has 0 bridgehead atoms. The summed E-state index contributed by atoms with van der Waals surface area (Å²) >= 11 is 0. The standard InChI is InChI=1S/C34H26N2/c1-25-3-7-27(8-4-25)11-13-29-15-19-31(20-16-29)33(23-35)34(24-36)32-21-17-30(18-22-32)14-12-28-9-5-26(2)6-10-28/h3-22H,1-2H3/b13-11+,14-12+,34-33+. The van der Waals surface area contributed by atoms with Crippen LogP contribution in [-0.4, -0.2) is 0 Å². The van der Waals surface area contributed by atoms with E-state index in [0.29, 0.717) is 11.1 Å². The van der Waals surface area contributed by atoms with Crippen LogP contribution in [0.2, 0.25) is 0 Å². The molecule has 0 aliphatic rings. The third-order valence-electron chi connectivity index (χ3n) is 5.96. The van der Waals surface area contributed by atoms with Crippen molar-refractivity contribution in [1.82, 2.24) is 0 Å². The Kier molecular flexibility index (Phi) is 7.72. The van der Waals surface area contributed by atoms with Gasteiger partial charge >= 0.3 is 0 Å². The van der Waals surface area contributed by atoms with Crippen LogP contribution in [0.3, 0.4) is 0 Å². The van der Waals surface area contributed by atoms with E-state index in [9.17, 15) is 10.5 Å². The average molecular weight is 463 g/mol. The van der Waals surface area contributed by atoms with E-state index in [0.717, 1.165) is 33.4 Å². The summed E-state index contributed by atoms with van der Waals surface area (Å²) in [7, 11) is 0. The summed E-state index contributed by atoms with van der Waals surface area (Å²) in [6, 6.07) is 36.6. The highest BCUT2D eigenvalue weighted by Crippen LogP contribution is 2.27. The molecule has 0 aliphatic carbocycles. The molecule has 2 heteroatoms. The molecule has 4 aromatic rings. The monoisotopic (exact) mass is 462 g/mol. The zero-order valence-electron chi connectivity index (χ0n) is 20.4. The Morgan fingerprint density at radius 3 is 0.944 bits per heavy atom. The molecule has 0 amide bonds. The fourth-order valence-corrected chi connectivity index (χ4v) is 3.79. The molecule has 0 spiro atoms. The molecule has 0 N–H and O–H groups in total. The second kappa shape index (κ2) is 11.5. The largest absolute Gasteiger partial charge is 0.192 e. The average Bonchev–Trinajstić information content (AvgIpc) is 2.92. The fraction of sp³-hybridized carbons (Fsp3) is 0.0588. The number of hydrogen-bond donors (Lipinski definition) is 0. The van der Waals surface area contributed by atoms with E-state index >= 15 is 0 Å². The molecule has 0 unspecified atom stereocenters. The first kappa shape index (κ1) is 24.2. The number of hydrogen-bond acceptors (Lipinski definition) is 2. The van der Waals surface area contributed by atoms with Crippen LogP contribution in [0.1, 0.15) is 44.5 Å². The van der Waals surface area contributed by atoms with Gasteiger partial charge in [0, 0.05) is 0 Å². The number of allylic oxidation sites excluding steroid dienone is 2. The van der Waals surface area contributed by atoms with Gasteiger partial charge in [-0.3, -0.25) is 0 Å². The van der Waals surface area contributed by atoms with Crippen molar-refractivity contribution in [3.8, 4) is 12.1 Å². The molecule has 4 rings (SSSR count). The lowest BCUT2D eigenvalue weighted by Gasteiger charge is -2.06. The van der Waals surface area contributed by atoms with Gasteiger partial charge in [0.1, 0.15) is 12.1 Å². The van der Waals surface area contributed by atoms with Gasteiger partial charge in [0.25, 0.3) is 0 Å². The predicted octanol–water partition coefficient (Wildman–Crippen LogP) is 8.60. The first-order valence-electron chi connectivity index (χ1n) is 11.8. The van der Waals surface area contributed by atoms with Crippen molar-refractivity contribution in [3.05, 3.63) is 142 Å². The number of aryl methyl sites for hydroxylation is 2. The Balaban J connectivity index is 1.54. The first-order valence-corrected chi connectivity index (χ1v) is 11.8. The van der Waals surface area contributed by atoms with E-state index in [1.165, 1.54) is 11.1 Å². The summed E-state index contributed by atoms with van der Waals surface area (Å²) in [6.07, 6.45) is 8.20. The summed E-state index contributed by atoms with van der Waals surface area (Å²) in [5.74, 6) is 0. The van der Waals surface area contributed by atoms with Crippen LogP contribution in [0.4, 0.5) is 0 Å². The van der Waals surface area contributed by atoms with Crippen LogP contribution in [0, 0.1) is 36.5 Å². The lowest BCUT2D eigenvalue weighted by molar-refractivity contribution is 1.46. The molecule has 0 aliphatic heterocycles. The molecular weight excluding hydrogens is 436 g/mol. The molecule has 0 saturated heterocycles. The summed E-state index contributed by atoms with van der Waals surface area (Å²) in [6.45, 7) is 4.14. The Bertz CT molecular complexity index is 1380. The highest BCUT2D eigenvalue weighted by atomic mass is 14.3. The van der Waals surface area contributed by atoms with E-state index in [2.05, 4.69) is 86.7 Å². The van der Waals surface area contributed by atoms with Gasteiger partial charge in [-0.2, -0.15) is 10.5 Å². The third kappa shape index (κ3) is 6.15. The van der Waals surface area contributed by atoms with Gasteiger partial charge < -0.3 is 0 Å². The maximum absolute atomic E-state index is 9.89. The van der Waals surface area contributed by atoms with Crippen molar-refractivity contribution in [2.75, 3.05) is 0 Å². The molecule has 0 radical (unpaired) electrons. The smallest absolute Gasteiger partial charge is 0.101 e. The van der Waals surface area contributed by atoms with Gasteiger partial charge in [-0.05, 0) is 47.2 Å². The highest BCUT2D eigenvalue weighted by molar-refractivity contribution is 6.02. The van der Waals surface area contributed by atoms with Gasteiger partial charge in [0.05, 0.1) is 11.1 Å². The molecule has 0 atom stereocenters. The van der Waals surface area contributed by atoms with Crippen LogP contribution in [0.5, 0.6) is 0 Å². The van der Waals surface area contributed by atoms with Gasteiger partial charge in [-0.15, -0.1) is 0 Å². The van der Waals surface area contributed by atoms with Crippen molar-refractivity contribution >= 4 is 35.5 Å². The zero-order chi connectivity index (χ0) is 25.3. The maximum atomic E-state index is 9.89. The highest BCUT2D eigenvalue weighted by Gasteiger charge is 2.11. The Morgan fingerprint density at radius 1 is 0.444 bits per heavy atom. The van der Waals surface area contributed by atoms with Gasteiger partial charge in [0.2, 0.25) is 0 Å². The van der Waals surface area contributed by atoms with Gasteiger partial charge in [0.15, 0.2) is 0 Å². The minimum absolute atomic E-state index is 0.370. The van der Waals surface area contributed by atoms with E-state index in [-0.39, 0.29) is 0 Å². The van der Waals surface area contributed by atoms with Gasteiger partial charge in [-0.25, -0.2) is 0 Å². The Morgan fingerprint density at radius 2 is 0.694 bits per heavy atom. The van der Waals surface area contributed by atoms with Crippen molar-refractivity contribution < 1.29 is 0 Å². The van der Waals surface area contributed by atoms with Crippen molar-refractivity contribution in [2.24, 2.45) is 0 Å². The quantitative estimate of drug-likeness (QED) is 0.213. The predicted molar refractivity (Wildman–Crippen MR) is 151 cm³/mol. The summed E-state index contributed by atoms with van der Waals surface area (Å²) < 4.78 is 0. The molecule has 2 nitrogen and oxygen atoms in total. The lowest BCUT2D eigenvalue weighted by Crippen LogP contribution is -1.90. The molecule has 36 heavy (non-hydrogen) atoms. The summed E-state index contributed by atoms with van der Waals surface area (Å²) in [5.41, 5.74) is 8.97. The second-order valence-electron chi connectivity index (χ2n) is 8.71. The SMILES string of the molecule is Cc1ccc(/C=C/c2ccc(/C(C#N)=C(\C#N)c3ccc(/C=C/c4ccc(C)cc4)cc3)cc2)cc1. The minimum atomic E-state index is 0.370. The second-order valence-corrected chi connectivity index (χ2v) is 8.71. The summed E-state index contributed by atoms with van der Waals surface area (Å²) in [4.78, 5) is 0. The number of benzene rings is 4. The van der Waals surface area contributed by atoms with Crippen LogP contribution in [0.15, 0.2) is 97.1 Å². The Hall–Kier alpha value is -4.92. The molecule has 0 fully saturated rings. The van der Waals surface area contributed by atoms with E-state index in [4.69, 9.17) is 0 Å². The lowest BCUT2D eigenvalue weighted by atomic mass is 9.95. The fourth-order valence-electron chi connectivity index (χ4n) is 3.79. The first-order chi connectivity index (χ1) is 17.6. The number of nitrogens with zero attached hydrogens (tertiary/aromatic N) is 2. The van der Waals surface area contributed by atoms with Gasteiger partial charge in [-0.1, -0.05) is 132 Å². The molecule has 4 aromatic carbocycles. The zero-order valence-corrected chi connectivity index (χ0v) is 20.4. The minimum Gasteiger partial charge on any atom is -0.192 e. The van der Waals surface area contributed by atoms with Crippen LogP contribution < -0.4 is 0 Å². The van der Waals surface area contributed by atoms with E-state index < -0.39 is 0 Å². The van der Waals surface area contributed by atoms with Crippen LogP contribution in [-0.2, 0) is 0 Å². The molecule has 172 valence electrons. The van der Waals surface area contributed by atoms with E-state index in [1.807, 2.05) is 60.7 Å². The number of nitriles is 2. The van der Waals surface area contributed by atoms with Crippen LogP contribution in [0.25, 0.3) is 35.5 Å². The van der Waals surface area contributed by atoms with Crippen molar-refractivity contribution in [3.63, 3.8) is 0 Å². The van der Waals surface area contributed by atoms with Crippen molar-refractivity contribution in [2.45, 2.75) is 13.8 Å². The van der Waals surface area contributed by atoms with Crippen molar-refractivity contribution in [1.29, 1.82) is 10.5 Å².